The van der Waals surface area contributed by atoms with Gasteiger partial charge in [-0.05, 0) is 60.1 Å². The van der Waals surface area contributed by atoms with E-state index in [1.54, 1.807) is 11.8 Å². The SMILES string of the molecule is CCC1(CC)C(=O)NC(C)C(=O)N1Cc1ccc(I)cc1. The van der Waals surface area contributed by atoms with Crippen molar-refractivity contribution in [2.75, 3.05) is 0 Å². The predicted molar refractivity (Wildman–Crippen MR) is 90.6 cm³/mol. The highest BCUT2D eigenvalue weighted by Gasteiger charge is 2.48. The summed E-state index contributed by atoms with van der Waals surface area (Å²) in [5.74, 6) is -0.0399. The minimum atomic E-state index is -0.730. The lowest BCUT2D eigenvalue weighted by molar-refractivity contribution is -0.158. The van der Waals surface area contributed by atoms with Gasteiger partial charge in [0, 0.05) is 10.1 Å². The fourth-order valence-electron chi connectivity index (χ4n) is 2.91. The Balaban J connectivity index is 2.36. The first kappa shape index (κ1) is 16.3. The molecule has 0 radical (unpaired) electrons. The summed E-state index contributed by atoms with van der Waals surface area (Å²) in [4.78, 5) is 26.8. The van der Waals surface area contributed by atoms with Crippen LogP contribution in [0, 0.1) is 3.57 Å². The van der Waals surface area contributed by atoms with Gasteiger partial charge >= 0.3 is 0 Å². The molecular formula is C16H21IN2O2. The largest absolute Gasteiger partial charge is 0.343 e. The lowest BCUT2D eigenvalue weighted by Gasteiger charge is -2.47. The number of rotatable bonds is 4. The predicted octanol–water partition coefficient (Wildman–Crippen LogP) is 2.70. The van der Waals surface area contributed by atoms with E-state index in [4.69, 9.17) is 0 Å². The van der Waals surface area contributed by atoms with E-state index in [9.17, 15) is 9.59 Å². The summed E-state index contributed by atoms with van der Waals surface area (Å²) < 4.78 is 1.16. The Morgan fingerprint density at radius 3 is 2.29 bits per heavy atom. The second-order valence-corrected chi connectivity index (χ2v) is 6.73. The van der Waals surface area contributed by atoms with E-state index in [0.717, 1.165) is 9.13 Å². The average Bonchev–Trinajstić information content (AvgIpc) is 2.48. The number of amides is 2. The highest BCUT2D eigenvalue weighted by molar-refractivity contribution is 14.1. The fraction of sp³-hybridized carbons (Fsp3) is 0.500. The first-order chi connectivity index (χ1) is 9.94. The summed E-state index contributed by atoms with van der Waals surface area (Å²) in [7, 11) is 0. The summed E-state index contributed by atoms with van der Waals surface area (Å²) in [6.07, 6.45) is 1.25. The Kier molecular flexibility index (Phi) is 4.91. The molecule has 114 valence electrons. The summed E-state index contributed by atoms with van der Waals surface area (Å²) in [6.45, 7) is 6.16. The molecule has 0 spiro atoms. The first-order valence-electron chi connectivity index (χ1n) is 7.31. The molecule has 1 aromatic carbocycles. The second-order valence-electron chi connectivity index (χ2n) is 5.48. The normalized spacial score (nSPS) is 21.3. The fourth-order valence-corrected chi connectivity index (χ4v) is 3.27. The van der Waals surface area contributed by atoms with Gasteiger partial charge in [-0.2, -0.15) is 0 Å². The number of carbonyl (C=O) groups is 2. The Bertz CT molecular complexity index is 538. The minimum absolute atomic E-state index is 0.00292. The number of hydrogen-bond donors (Lipinski definition) is 1. The van der Waals surface area contributed by atoms with E-state index >= 15 is 0 Å². The molecule has 1 fully saturated rings. The molecule has 1 aliphatic heterocycles. The van der Waals surface area contributed by atoms with Crippen LogP contribution in [0.2, 0.25) is 0 Å². The Morgan fingerprint density at radius 2 is 1.76 bits per heavy atom. The molecule has 1 atom stereocenters. The van der Waals surface area contributed by atoms with Crippen molar-refractivity contribution in [3.8, 4) is 0 Å². The zero-order chi connectivity index (χ0) is 15.6. The van der Waals surface area contributed by atoms with Crippen molar-refractivity contribution in [1.29, 1.82) is 0 Å². The van der Waals surface area contributed by atoms with Gasteiger partial charge < -0.3 is 10.2 Å². The lowest BCUT2D eigenvalue weighted by Crippen LogP contribution is -2.69. The van der Waals surface area contributed by atoms with Gasteiger partial charge in [0.2, 0.25) is 11.8 Å². The van der Waals surface area contributed by atoms with Crippen LogP contribution in [0.5, 0.6) is 0 Å². The van der Waals surface area contributed by atoms with Gasteiger partial charge in [-0.1, -0.05) is 26.0 Å². The molecule has 1 aliphatic rings. The third-order valence-corrected chi connectivity index (χ3v) is 5.07. The Morgan fingerprint density at radius 1 is 1.19 bits per heavy atom. The quantitative estimate of drug-likeness (QED) is 0.791. The molecule has 1 aromatic rings. The maximum absolute atomic E-state index is 12.6. The topological polar surface area (TPSA) is 49.4 Å². The number of carbonyl (C=O) groups excluding carboxylic acids is 2. The summed E-state index contributed by atoms with van der Waals surface area (Å²) >= 11 is 2.25. The molecule has 5 heteroatoms. The molecule has 1 unspecified atom stereocenters. The molecule has 2 amide bonds. The third kappa shape index (κ3) is 2.93. The molecular weight excluding hydrogens is 379 g/mol. The van der Waals surface area contributed by atoms with Gasteiger partial charge in [0.25, 0.3) is 0 Å². The maximum atomic E-state index is 12.6. The highest BCUT2D eigenvalue weighted by Crippen LogP contribution is 2.30. The number of nitrogens with zero attached hydrogens (tertiary/aromatic N) is 1. The van der Waals surface area contributed by atoms with Crippen LogP contribution in [0.15, 0.2) is 24.3 Å². The van der Waals surface area contributed by atoms with Crippen molar-refractivity contribution in [3.63, 3.8) is 0 Å². The number of benzene rings is 1. The monoisotopic (exact) mass is 400 g/mol. The van der Waals surface area contributed by atoms with Crippen LogP contribution in [-0.2, 0) is 16.1 Å². The minimum Gasteiger partial charge on any atom is -0.343 e. The van der Waals surface area contributed by atoms with Crippen molar-refractivity contribution in [2.45, 2.75) is 51.7 Å². The van der Waals surface area contributed by atoms with Crippen molar-refractivity contribution in [1.82, 2.24) is 10.2 Å². The first-order valence-corrected chi connectivity index (χ1v) is 8.39. The lowest BCUT2D eigenvalue weighted by atomic mass is 9.85. The van der Waals surface area contributed by atoms with Gasteiger partial charge in [-0.15, -0.1) is 0 Å². The van der Waals surface area contributed by atoms with Gasteiger partial charge in [-0.25, -0.2) is 0 Å². The van der Waals surface area contributed by atoms with Crippen molar-refractivity contribution < 1.29 is 9.59 Å². The Labute approximate surface area is 139 Å². The standard InChI is InChI=1S/C16H21IN2O2/c1-4-16(5-2)15(21)18-11(3)14(20)19(16)10-12-6-8-13(17)9-7-12/h6-9,11H,4-5,10H2,1-3H3,(H,18,21). The molecule has 2 rings (SSSR count). The average molecular weight is 400 g/mol. The smallest absolute Gasteiger partial charge is 0.246 e. The van der Waals surface area contributed by atoms with Crippen LogP contribution in [0.25, 0.3) is 0 Å². The van der Waals surface area contributed by atoms with Crippen LogP contribution >= 0.6 is 22.6 Å². The zero-order valence-electron chi connectivity index (χ0n) is 12.6. The zero-order valence-corrected chi connectivity index (χ0v) is 14.8. The molecule has 0 saturated carbocycles. The summed E-state index contributed by atoms with van der Waals surface area (Å²) in [5.41, 5.74) is 0.323. The van der Waals surface area contributed by atoms with Crippen LogP contribution in [0.4, 0.5) is 0 Å². The maximum Gasteiger partial charge on any atom is 0.246 e. The van der Waals surface area contributed by atoms with Crippen LogP contribution < -0.4 is 5.32 Å². The van der Waals surface area contributed by atoms with E-state index in [0.29, 0.717) is 19.4 Å². The van der Waals surface area contributed by atoms with Crippen LogP contribution in [0.3, 0.4) is 0 Å². The van der Waals surface area contributed by atoms with E-state index in [-0.39, 0.29) is 11.8 Å². The van der Waals surface area contributed by atoms with E-state index < -0.39 is 11.6 Å². The molecule has 21 heavy (non-hydrogen) atoms. The molecule has 4 nitrogen and oxygen atoms in total. The second kappa shape index (κ2) is 6.34. The Hall–Kier alpha value is -1.11. The number of nitrogens with one attached hydrogen (secondary N) is 1. The van der Waals surface area contributed by atoms with Gasteiger partial charge in [0.1, 0.15) is 11.6 Å². The van der Waals surface area contributed by atoms with E-state index in [2.05, 4.69) is 27.9 Å². The van der Waals surface area contributed by atoms with Crippen molar-refractivity contribution in [2.24, 2.45) is 0 Å². The number of hydrogen-bond acceptors (Lipinski definition) is 2. The van der Waals surface area contributed by atoms with E-state index in [1.807, 2.05) is 38.1 Å². The van der Waals surface area contributed by atoms with Crippen molar-refractivity contribution in [3.05, 3.63) is 33.4 Å². The number of piperazine rings is 1. The number of halogens is 1. The van der Waals surface area contributed by atoms with Crippen LogP contribution in [0.1, 0.15) is 39.2 Å². The van der Waals surface area contributed by atoms with Crippen molar-refractivity contribution >= 4 is 34.4 Å². The van der Waals surface area contributed by atoms with E-state index in [1.165, 1.54) is 0 Å². The van der Waals surface area contributed by atoms with Gasteiger partial charge in [0.15, 0.2) is 0 Å². The summed E-state index contributed by atoms with van der Waals surface area (Å²) in [6, 6.07) is 7.62. The molecule has 1 heterocycles. The summed E-state index contributed by atoms with van der Waals surface area (Å²) in [5, 5.41) is 2.82. The molecule has 0 bridgehead atoms. The van der Waals surface area contributed by atoms with Crippen LogP contribution in [-0.4, -0.2) is 28.3 Å². The van der Waals surface area contributed by atoms with Gasteiger partial charge in [-0.3, -0.25) is 9.59 Å². The third-order valence-electron chi connectivity index (χ3n) is 4.35. The highest BCUT2D eigenvalue weighted by atomic mass is 127. The molecule has 0 aromatic heterocycles. The molecule has 0 aliphatic carbocycles. The van der Waals surface area contributed by atoms with Gasteiger partial charge in [0.05, 0.1) is 0 Å². The molecule has 1 N–H and O–H groups in total. The molecule has 1 saturated heterocycles.